The van der Waals surface area contributed by atoms with Crippen LogP contribution in [0.4, 0.5) is 28.0 Å². The van der Waals surface area contributed by atoms with E-state index < -0.39 is 29.0 Å². The van der Waals surface area contributed by atoms with Gasteiger partial charge in [-0.05, 0) is 0 Å². The molecule has 1 aliphatic heterocycles. The van der Waals surface area contributed by atoms with Gasteiger partial charge >= 0.3 is 6.03 Å². The average molecular weight is 277 g/mol. The molecule has 1 aromatic carbocycles. The highest BCUT2D eigenvalue weighted by Crippen LogP contribution is 2.23. The number of urea groups is 1. The van der Waals surface area contributed by atoms with Crippen molar-refractivity contribution in [2.45, 2.75) is 0 Å². The van der Waals surface area contributed by atoms with Crippen molar-refractivity contribution in [2.75, 3.05) is 31.5 Å². The lowest BCUT2D eigenvalue weighted by atomic mass is 10.2. The van der Waals surface area contributed by atoms with Crippen LogP contribution >= 0.6 is 0 Å². The summed E-state index contributed by atoms with van der Waals surface area (Å²) in [7, 11) is 0. The molecule has 0 radical (unpaired) electrons. The third-order valence-corrected chi connectivity index (χ3v) is 2.74. The van der Waals surface area contributed by atoms with Crippen LogP contribution in [0.15, 0.2) is 6.07 Å². The SMILES string of the molecule is O=C1NCCN1CCNc1c(F)c(F)cc(F)c1F. The van der Waals surface area contributed by atoms with Gasteiger partial charge in [-0.15, -0.1) is 0 Å². The lowest BCUT2D eigenvalue weighted by molar-refractivity contribution is 0.219. The van der Waals surface area contributed by atoms with E-state index in [0.29, 0.717) is 13.1 Å². The molecule has 19 heavy (non-hydrogen) atoms. The molecule has 1 heterocycles. The molecule has 2 N–H and O–H groups in total. The molecule has 0 unspecified atom stereocenters. The van der Waals surface area contributed by atoms with Gasteiger partial charge in [0.2, 0.25) is 0 Å². The summed E-state index contributed by atoms with van der Waals surface area (Å²) in [6.07, 6.45) is 0. The summed E-state index contributed by atoms with van der Waals surface area (Å²) in [6, 6.07) is -0.141. The van der Waals surface area contributed by atoms with Crippen LogP contribution in [0.1, 0.15) is 0 Å². The van der Waals surface area contributed by atoms with Crippen molar-refractivity contribution in [2.24, 2.45) is 0 Å². The lowest BCUT2D eigenvalue weighted by Crippen LogP contribution is -2.32. The molecule has 1 saturated heterocycles. The number of nitrogens with zero attached hydrogens (tertiary/aromatic N) is 1. The Balaban J connectivity index is 2.01. The topological polar surface area (TPSA) is 44.4 Å². The van der Waals surface area contributed by atoms with Crippen molar-refractivity contribution in [3.8, 4) is 0 Å². The van der Waals surface area contributed by atoms with Gasteiger partial charge in [-0.3, -0.25) is 0 Å². The standard InChI is InChI=1S/C11H11F4N3O/c12-6-5-7(13)9(15)10(8(6)14)16-1-3-18-4-2-17-11(18)19/h5,16H,1-4H2,(H,17,19). The lowest BCUT2D eigenvalue weighted by Gasteiger charge is -2.15. The van der Waals surface area contributed by atoms with E-state index in [2.05, 4.69) is 10.6 Å². The number of carbonyl (C=O) groups excluding carboxylic acids is 1. The van der Waals surface area contributed by atoms with Gasteiger partial charge in [-0.25, -0.2) is 22.4 Å². The molecule has 0 atom stereocenters. The summed E-state index contributed by atoms with van der Waals surface area (Å²) in [6.45, 7) is 1.12. The molecule has 0 aliphatic carbocycles. The van der Waals surface area contributed by atoms with Crippen LogP contribution < -0.4 is 10.6 Å². The van der Waals surface area contributed by atoms with Gasteiger partial charge in [0.25, 0.3) is 0 Å². The van der Waals surface area contributed by atoms with Crippen molar-refractivity contribution in [3.05, 3.63) is 29.3 Å². The van der Waals surface area contributed by atoms with Gasteiger partial charge in [0.05, 0.1) is 0 Å². The van der Waals surface area contributed by atoms with Crippen molar-refractivity contribution < 1.29 is 22.4 Å². The zero-order chi connectivity index (χ0) is 14.0. The van der Waals surface area contributed by atoms with E-state index in [1.165, 1.54) is 4.90 Å². The molecular weight excluding hydrogens is 266 g/mol. The molecule has 1 aliphatic rings. The Bertz CT molecular complexity index is 483. The average Bonchev–Trinajstić information content (AvgIpc) is 2.77. The zero-order valence-electron chi connectivity index (χ0n) is 9.77. The fourth-order valence-electron chi connectivity index (χ4n) is 1.77. The summed E-state index contributed by atoms with van der Waals surface area (Å²) in [5.74, 6) is -5.91. The molecule has 0 bridgehead atoms. The molecular formula is C11H11F4N3O. The van der Waals surface area contributed by atoms with E-state index in [4.69, 9.17) is 0 Å². The van der Waals surface area contributed by atoms with Crippen molar-refractivity contribution in [3.63, 3.8) is 0 Å². The normalized spacial score (nSPS) is 14.7. The van der Waals surface area contributed by atoms with Crippen LogP contribution in [-0.4, -0.2) is 37.1 Å². The Morgan fingerprint density at radius 3 is 2.37 bits per heavy atom. The maximum absolute atomic E-state index is 13.3. The largest absolute Gasteiger partial charge is 0.378 e. The molecule has 0 spiro atoms. The summed E-state index contributed by atoms with van der Waals surface area (Å²) < 4.78 is 52.4. The summed E-state index contributed by atoms with van der Waals surface area (Å²) in [5.41, 5.74) is -0.864. The third-order valence-electron chi connectivity index (χ3n) is 2.74. The summed E-state index contributed by atoms with van der Waals surface area (Å²) in [4.78, 5) is 12.6. The van der Waals surface area contributed by atoms with Gasteiger partial charge in [-0.1, -0.05) is 0 Å². The molecule has 1 fully saturated rings. The molecule has 104 valence electrons. The number of carbonyl (C=O) groups is 1. The molecule has 0 aromatic heterocycles. The quantitative estimate of drug-likeness (QED) is 0.649. The number of anilines is 1. The van der Waals surface area contributed by atoms with Gasteiger partial charge in [0, 0.05) is 32.2 Å². The predicted octanol–water partition coefficient (Wildman–Crippen LogP) is 1.68. The highest BCUT2D eigenvalue weighted by molar-refractivity contribution is 5.76. The second-order valence-electron chi connectivity index (χ2n) is 3.99. The minimum absolute atomic E-state index is 0.0237. The number of amides is 2. The molecule has 4 nitrogen and oxygen atoms in total. The van der Waals surface area contributed by atoms with Crippen molar-refractivity contribution in [1.29, 1.82) is 0 Å². The first-order valence-electron chi connectivity index (χ1n) is 5.60. The van der Waals surface area contributed by atoms with Gasteiger partial charge in [0.1, 0.15) is 5.69 Å². The number of hydrogen-bond acceptors (Lipinski definition) is 2. The molecule has 0 saturated carbocycles. The predicted molar refractivity (Wildman–Crippen MR) is 59.7 cm³/mol. The number of halogens is 4. The second-order valence-corrected chi connectivity index (χ2v) is 3.99. The molecule has 2 amide bonds. The van der Waals surface area contributed by atoms with Gasteiger partial charge < -0.3 is 15.5 Å². The molecule has 1 aromatic rings. The second kappa shape index (κ2) is 5.33. The van der Waals surface area contributed by atoms with E-state index in [9.17, 15) is 22.4 Å². The van der Waals surface area contributed by atoms with Crippen LogP contribution in [-0.2, 0) is 0 Å². The number of hydrogen-bond donors (Lipinski definition) is 2. The first-order valence-corrected chi connectivity index (χ1v) is 5.60. The zero-order valence-corrected chi connectivity index (χ0v) is 9.77. The van der Waals surface area contributed by atoms with E-state index in [-0.39, 0.29) is 25.2 Å². The monoisotopic (exact) mass is 277 g/mol. The van der Waals surface area contributed by atoms with Crippen LogP contribution in [0.25, 0.3) is 0 Å². The Morgan fingerprint density at radius 1 is 1.21 bits per heavy atom. The van der Waals surface area contributed by atoms with Crippen LogP contribution in [0, 0.1) is 23.3 Å². The minimum atomic E-state index is -1.48. The Morgan fingerprint density at radius 2 is 1.84 bits per heavy atom. The fourth-order valence-corrected chi connectivity index (χ4v) is 1.77. The van der Waals surface area contributed by atoms with Crippen LogP contribution in [0.5, 0.6) is 0 Å². The van der Waals surface area contributed by atoms with Gasteiger partial charge in [-0.2, -0.15) is 0 Å². The number of rotatable bonds is 4. The molecule has 2 rings (SSSR count). The van der Waals surface area contributed by atoms with Gasteiger partial charge in [0.15, 0.2) is 23.3 Å². The first-order chi connectivity index (χ1) is 9.00. The number of benzene rings is 1. The maximum Gasteiger partial charge on any atom is 0.317 e. The smallest absolute Gasteiger partial charge is 0.317 e. The Hall–Kier alpha value is -1.99. The highest BCUT2D eigenvalue weighted by atomic mass is 19.2. The maximum atomic E-state index is 13.3. The van der Waals surface area contributed by atoms with E-state index >= 15 is 0 Å². The number of nitrogens with one attached hydrogen (secondary N) is 2. The van der Waals surface area contributed by atoms with Crippen LogP contribution in [0.2, 0.25) is 0 Å². The highest BCUT2D eigenvalue weighted by Gasteiger charge is 2.21. The third kappa shape index (κ3) is 2.72. The molecule has 8 heteroatoms. The summed E-state index contributed by atoms with van der Waals surface area (Å²) in [5, 5.41) is 4.81. The summed E-state index contributed by atoms with van der Waals surface area (Å²) >= 11 is 0. The van der Waals surface area contributed by atoms with E-state index in [1.807, 2.05) is 0 Å². The Labute approximate surface area is 106 Å². The first kappa shape index (κ1) is 13.4. The van der Waals surface area contributed by atoms with E-state index in [0.717, 1.165) is 0 Å². The van der Waals surface area contributed by atoms with Crippen molar-refractivity contribution in [1.82, 2.24) is 10.2 Å². The van der Waals surface area contributed by atoms with E-state index in [1.54, 1.807) is 0 Å². The Kier molecular flexibility index (Phi) is 3.77. The van der Waals surface area contributed by atoms with Crippen LogP contribution in [0.3, 0.4) is 0 Å². The minimum Gasteiger partial charge on any atom is -0.378 e. The fraction of sp³-hybridized carbons (Fsp3) is 0.364. The van der Waals surface area contributed by atoms with Crippen molar-refractivity contribution >= 4 is 11.7 Å².